The third-order valence-electron chi connectivity index (χ3n) is 4.18. The monoisotopic (exact) mass is 374 g/mol. The van der Waals surface area contributed by atoms with Crippen molar-refractivity contribution in [3.05, 3.63) is 59.7 Å². The van der Waals surface area contributed by atoms with E-state index >= 15 is 0 Å². The number of amides is 1. The number of sulfonamides is 1. The normalized spacial score (nSPS) is 14.0. The van der Waals surface area contributed by atoms with Crippen molar-refractivity contribution in [1.29, 1.82) is 0 Å². The first kappa shape index (κ1) is 18.4. The van der Waals surface area contributed by atoms with Gasteiger partial charge in [0, 0.05) is 18.2 Å². The van der Waals surface area contributed by atoms with Gasteiger partial charge < -0.3 is 10.1 Å². The molecule has 0 bridgehead atoms. The second-order valence-electron chi connectivity index (χ2n) is 6.27. The zero-order valence-electron chi connectivity index (χ0n) is 14.6. The number of methoxy groups -OCH3 is 1. The molecule has 1 fully saturated rings. The summed E-state index contributed by atoms with van der Waals surface area (Å²) in [5.41, 5.74) is 1.53. The molecule has 0 spiro atoms. The van der Waals surface area contributed by atoms with Crippen LogP contribution in [-0.4, -0.2) is 34.0 Å². The van der Waals surface area contributed by atoms with Crippen molar-refractivity contribution < 1.29 is 17.9 Å². The highest BCUT2D eigenvalue weighted by Crippen LogP contribution is 2.22. The Morgan fingerprint density at radius 1 is 1.08 bits per heavy atom. The molecule has 1 amide bonds. The summed E-state index contributed by atoms with van der Waals surface area (Å²) in [5.74, 6) is 0.571. The molecule has 0 aliphatic heterocycles. The van der Waals surface area contributed by atoms with Crippen molar-refractivity contribution in [2.24, 2.45) is 0 Å². The average molecular weight is 374 g/mol. The van der Waals surface area contributed by atoms with Gasteiger partial charge in [0.05, 0.1) is 12.0 Å². The van der Waals surface area contributed by atoms with Crippen LogP contribution in [0.3, 0.4) is 0 Å². The van der Waals surface area contributed by atoms with Crippen molar-refractivity contribution in [3.63, 3.8) is 0 Å². The standard InChI is InChI=1S/C19H22N2O4S/c1-25-17-8-2-14(3-9-17)12-13-20-19(22)15-4-10-18(11-5-15)26(23,24)21-16-6-7-16/h2-5,8-11,16,21H,6-7,12-13H2,1H3,(H,20,22). The molecule has 2 N–H and O–H groups in total. The summed E-state index contributed by atoms with van der Waals surface area (Å²) < 4.78 is 32.0. The Balaban J connectivity index is 1.52. The Kier molecular flexibility index (Phi) is 5.58. The third-order valence-corrected chi connectivity index (χ3v) is 5.72. The molecule has 138 valence electrons. The van der Waals surface area contributed by atoms with Gasteiger partial charge in [-0.15, -0.1) is 0 Å². The van der Waals surface area contributed by atoms with Gasteiger partial charge in [-0.05, 0) is 61.2 Å². The van der Waals surface area contributed by atoms with E-state index < -0.39 is 10.0 Å². The number of ether oxygens (including phenoxy) is 1. The van der Waals surface area contributed by atoms with E-state index in [9.17, 15) is 13.2 Å². The van der Waals surface area contributed by atoms with E-state index in [0.717, 1.165) is 24.2 Å². The number of hydrogen-bond donors (Lipinski definition) is 2. The Bertz CT molecular complexity index is 857. The Labute approximate surface area is 153 Å². The Hall–Kier alpha value is -2.38. The van der Waals surface area contributed by atoms with E-state index in [1.54, 1.807) is 7.11 Å². The highest BCUT2D eigenvalue weighted by atomic mass is 32.2. The topological polar surface area (TPSA) is 84.5 Å². The molecule has 2 aromatic carbocycles. The molecule has 0 saturated heterocycles. The summed E-state index contributed by atoms with van der Waals surface area (Å²) in [4.78, 5) is 12.4. The number of carbonyl (C=O) groups excluding carboxylic acids is 1. The smallest absolute Gasteiger partial charge is 0.251 e. The largest absolute Gasteiger partial charge is 0.497 e. The summed E-state index contributed by atoms with van der Waals surface area (Å²) >= 11 is 0. The summed E-state index contributed by atoms with van der Waals surface area (Å²) in [5, 5.41) is 2.84. The maximum atomic E-state index is 12.2. The molecule has 0 heterocycles. The zero-order valence-corrected chi connectivity index (χ0v) is 15.4. The number of rotatable bonds is 8. The average Bonchev–Trinajstić information content (AvgIpc) is 3.45. The lowest BCUT2D eigenvalue weighted by molar-refractivity contribution is 0.0954. The van der Waals surface area contributed by atoms with Crippen LogP contribution < -0.4 is 14.8 Å². The number of hydrogen-bond acceptors (Lipinski definition) is 4. The van der Waals surface area contributed by atoms with Gasteiger partial charge in [-0.1, -0.05) is 12.1 Å². The fraction of sp³-hybridized carbons (Fsp3) is 0.316. The lowest BCUT2D eigenvalue weighted by Crippen LogP contribution is -2.27. The van der Waals surface area contributed by atoms with Gasteiger partial charge in [0.1, 0.15) is 5.75 Å². The highest BCUT2D eigenvalue weighted by molar-refractivity contribution is 7.89. The maximum absolute atomic E-state index is 12.2. The van der Waals surface area contributed by atoms with Crippen LogP contribution >= 0.6 is 0 Å². The Morgan fingerprint density at radius 3 is 2.31 bits per heavy atom. The van der Waals surface area contributed by atoms with Gasteiger partial charge in [-0.3, -0.25) is 4.79 Å². The fourth-order valence-electron chi connectivity index (χ4n) is 2.49. The van der Waals surface area contributed by atoms with Crippen LogP contribution in [0.5, 0.6) is 5.75 Å². The summed E-state index contributed by atoms with van der Waals surface area (Å²) in [7, 11) is -1.87. The van der Waals surface area contributed by atoms with Gasteiger partial charge in [-0.2, -0.15) is 0 Å². The van der Waals surface area contributed by atoms with Crippen LogP contribution in [0, 0.1) is 0 Å². The minimum Gasteiger partial charge on any atom is -0.497 e. The molecule has 3 rings (SSSR count). The molecule has 1 saturated carbocycles. The fourth-order valence-corrected chi connectivity index (χ4v) is 3.79. The van der Waals surface area contributed by atoms with E-state index in [1.165, 1.54) is 24.3 Å². The predicted octanol–water partition coefficient (Wildman–Crippen LogP) is 2.11. The maximum Gasteiger partial charge on any atom is 0.251 e. The van der Waals surface area contributed by atoms with Crippen LogP contribution in [0.15, 0.2) is 53.4 Å². The number of benzene rings is 2. The van der Waals surface area contributed by atoms with Crippen LogP contribution in [0.25, 0.3) is 0 Å². The zero-order chi connectivity index (χ0) is 18.6. The molecule has 6 nitrogen and oxygen atoms in total. The lowest BCUT2D eigenvalue weighted by Gasteiger charge is -2.08. The number of nitrogens with one attached hydrogen (secondary N) is 2. The van der Waals surface area contributed by atoms with Crippen molar-refractivity contribution in [2.75, 3.05) is 13.7 Å². The highest BCUT2D eigenvalue weighted by Gasteiger charge is 2.27. The molecule has 7 heteroatoms. The molecule has 1 aliphatic rings. The summed E-state index contributed by atoms with van der Waals surface area (Å²) in [6.07, 6.45) is 2.47. The first-order chi connectivity index (χ1) is 12.5. The van der Waals surface area contributed by atoms with Gasteiger partial charge >= 0.3 is 0 Å². The molecule has 1 aliphatic carbocycles. The van der Waals surface area contributed by atoms with Crippen molar-refractivity contribution in [2.45, 2.75) is 30.2 Å². The molecule has 0 radical (unpaired) electrons. The summed E-state index contributed by atoms with van der Waals surface area (Å²) in [6.45, 7) is 0.494. The van der Waals surface area contributed by atoms with Crippen LogP contribution in [0.1, 0.15) is 28.8 Å². The molecular formula is C19H22N2O4S. The lowest BCUT2D eigenvalue weighted by atomic mass is 10.1. The first-order valence-electron chi connectivity index (χ1n) is 8.51. The Morgan fingerprint density at radius 2 is 1.73 bits per heavy atom. The molecular weight excluding hydrogens is 352 g/mol. The first-order valence-corrected chi connectivity index (χ1v) is 10.00. The van der Waals surface area contributed by atoms with E-state index in [-0.39, 0.29) is 16.8 Å². The molecule has 0 unspecified atom stereocenters. The van der Waals surface area contributed by atoms with E-state index in [1.807, 2.05) is 24.3 Å². The molecule has 0 aromatic heterocycles. The van der Waals surface area contributed by atoms with Crippen molar-refractivity contribution in [1.82, 2.24) is 10.0 Å². The van der Waals surface area contributed by atoms with E-state index in [4.69, 9.17) is 4.74 Å². The van der Waals surface area contributed by atoms with E-state index in [0.29, 0.717) is 18.5 Å². The third kappa shape index (κ3) is 4.83. The summed E-state index contributed by atoms with van der Waals surface area (Å²) in [6, 6.07) is 13.7. The molecule has 0 atom stereocenters. The second-order valence-corrected chi connectivity index (χ2v) is 7.99. The van der Waals surface area contributed by atoms with Crippen LogP contribution in [-0.2, 0) is 16.4 Å². The van der Waals surface area contributed by atoms with Gasteiger partial charge in [0.15, 0.2) is 0 Å². The van der Waals surface area contributed by atoms with Crippen molar-refractivity contribution in [3.8, 4) is 5.75 Å². The second kappa shape index (κ2) is 7.88. The van der Waals surface area contributed by atoms with Gasteiger partial charge in [-0.25, -0.2) is 13.1 Å². The number of carbonyl (C=O) groups is 1. The van der Waals surface area contributed by atoms with Gasteiger partial charge in [0.25, 0.3) is 5.91 Å². The van der Waals surface area contributed by atoms with Gasteiger partial charge in [0.2, 0.25) is 10.0 Å². The SMILES string of the molecule is COc1ccc(CCNC(=O)c2ccc(S(=O)(=O)NC3CC3)cc2)cc1. The quantitative estimate of drug-likeness (QED) is 0.741. The molecule has 2 aromatic rings. The van der Waals surface area contributed by atoms with E-state index in [2.05, 4.69) is 10.0 Å². The predicted molar refractivity (Wildman–Crippen MR) is 98.8 cm³/mol. The minimum absolute atomic E-state index is 0.0564. The van der Waals surface area contributed by atoms with Crippen LogP contribution in [0.4, 0.5) is 0 Å². The van der Waals surface area contributed by atoms with Crippen LogP contribution in [0.2, 0.25) is 0 Å². The minimum atomic E-state index is -3.49. The van der Waals surface area contributed by atoms with Crippen molar-refractivity contribution >= 4 is 15.9 Å². The molecule has 26 heavy (non-hydrogen) atoms.